The van der Waals surface area contributed by atoms with Crippen molar-refractivity contribution in [2.24, 2.45) is 0 Å². The molecule has 3 N–H and O–H groups in total. The average molecular weight is 445 g/mol. The maximum atomic E-state index is 14.3. The maximum absolute atomic E-state index is 14.3. The van der Waals surface area contributed by atoms with Crippen LogP contribution in [0.4, 0.5) is 30.2 Å². The number of benzene rings is 3. The SMILES string of the molecule is Cc1ccc(-c2c(F)cc(F)cc2F)cc1Nc1ccc2c(c1)NC(=O)C2=Cc1ccc[nH]1. The van der Waals surface area contributed by atoms with Crippen LogP contribution in [0.2, 0.25) is 0 Å². The van der Waals surface area contributed by atoms with Gasteiger partial charge in [0, 0.05) is 41.0 Å². The van der Waals surface area contributed by atoms with Crippen LogP contribution in [0.15, 0.2) is 66.9 Å². The number of rotatable bonds is 4. The summed E-state index contributed by atoms with van der Waals surface area (Å²) in [5.74, 6) is -3.10. The first-order valence-corrected chi connectivity index (χ1v) is 10.2. The summed E-state index contributed by atoms with van der Waals surface area (Å²) in [6.45, 7) is 1.86. The molecule has 4 nitrogen and oxygen atoms in total. The van der Waals surface area contributed by atoms with Gasteiger partial charge in [-0.3, -0.25) is 4.79 Å². The Labute approximate surface area is 187 Å². The van der Waals surface area contributed by atoms with Gasteiger partial charge in [0.25, 0.3) is 5.91 Å². The molecule has 0 saturated heterocycles. The molecular formula is C26H18F3N3O. The lowest BCUT2D eigenvalue weighted by Gasteiger charge is -2.14. The predicted octanol–water partition coefficient (Wildman–Crippen LogP) is 6.64. The minimum Gasteiger partial charge on any atom is -0.362 e. The average Bonchev–Trinajstić information content (AvgIpc) is 3.37. The fraction of sp³-hybridized carbons (Fsp3) is 0.0385. The first-order valence-electron chi connectivity index (χ1n) is 10.2. The van der Waals surface area contributed by atoms with E-state index in [1.807, 2.05) is 31.2 Å². The minimum absolute atomic E-state index is 0.197. The number of fused-ring (bicyclic) bond motifs is 1. The molecule has 0 atom stereocenters. The van der Waals surface area contributed by atoms with E-state index in [-0.39, 0.29) is 17.0 Å². The van der Waals surface area contributed by atoms with Gasteiger partial charge in [0.05, 0.1) is 16.8 Å². The quantitative estimate of drug-likeness (QED) is 0.308. The van der Waals surface area contributed by atoms with Gasteiger partial charge >= 0.3 is 0 Å². The van der Waals surface area contributed by atoms with Crippen LogP contribution in [0.1, 0.15) is 16.8 Å². The Morgan fingerprint density at radius 3 is 2.45 bits per heavy atom. The number of hydrogen-bond acceptors (Lipinski definition) is 2. The van der Waals surface area contributed by atoms with Crippen LogP contribution in [0.25, 0.3) is 22.8 Å². The summed E-state index contributed by atoms with van der Waals surface area (Å²) >= 11 is 0. The van der Waals surface area contributed by atoms with Gasteiger partial charge in [0.15, 0.2) is 0 Å². The summed E-state index contributed by atoms with van der Waals surface area (Å²) < 4.78 is 41.8. The number of halogens is 3. The molecule has 33 heavy (non-hydrogen) atoms. The van der Waals surface area contributed by atoms with Gasteiger partial charge in [0.1, 0.15) is 17.5 Å². The van der Waals surface area contributed by atoms with Crippen molar-refractivity contribution < 1.29 is 18.0 Å². The van der Waals surface area contributed by atoms with Crippen molar-refractivity contribution in [3.8, 4) is 11.1 Å². The van der Waals surface area contributed by atoms with Crippen LogP contribution in [-0.4, -0.2) is 10.9 Å². The number of aryl methyl sites for hydroxylation is 1. The third-order valence-corrected chi connectivity index (χ3v) is 5.54. The standard InChI is InChI=1S/C26H18F3N3O/c1-14-4-5-15(25-21(28)10-16(27)11-22(25)29)9-23(14)31-18-6-7-19-20(12-17-3-2-8-30-17)26(33)32-24(19)13-18/h2-13,30-31H,1H3,(H,32,33). The summed E-state index contributed by atoms with van der Waals surface area (Å²) in [7, 11) is 0. The molecule has 0 unspecified atom stereocenters. The monoisotopic (exact) mass is 445 g/mol. The van der Waals surface area contributed by atoms with Crippen molar-refractivity contribution in [2.75, 3.05) is 10.6 Å². The van der Waals surface area contributed by atoms with Crippen molar-refractivity contribution in [3.63, 3.8) is 0 Å². The summed E-state index contributed by atoms with van der Waals surface area (Å²) in [4.78, 5) is 15.5. The zero-order valence-electron chi connectivity index (χ0n) is 17.5. The Bertz CT molecular complexity index is 1400. The van der Waals surface area contributed by atoms with Crippen LogP contribution >= 0.6 is 0 Å². The molecule has 7 heteroatoms. The van der Waals surface area contributed by atoms with Crippen LogP contribution in [-0.2, 0) is 4.79 Å². The first kappa shape index (κ1) is 20.6. The second-order valence-electron chi connectivity index (χ2n) is 7.80. The van der Waals surface area contributed by atoms with Gasteiger partial charge in [-0.15, -0.1) is 0 Å². The number of carbonyl (C=O) groups excluding carboxylic acids is 1. The second kappa shape index (κ2) is 8.02. The highest BCUT2D eigenvalue weighted by molar-refractivity contribution is 6.35. The third-order valence-electron chi connectivity index (χ3n) is 5.54. The topological polar surface area (TPSA) is 56.9 Å². The molecule has 1 aliphatic rings. The van der Waals surface area contributed by atoms with Crippen LogP contribution in [0.5, 0.6) is 0 Å². The molecule has 2 heterocycles. The van der Waals surface area contributed by atoms with Crippen molar-refractivity contribution >= 4 is 34.6 Å². The highest BCUT2D eigenvalue weighted by Crippen LogP contribution is 2.37. The fourth-order valence-corrected chi connectivity index (χ4v) is 3.89. The van der Waals surface area contributed by atoms with Crippen LogP contribution in [0, 0.1) is 24.4 Å². The lowest BCUT2D eigenvalue weighted by molar-refractivity contribution is -0.110. The Morgan fingerprint density at radius 2 is 1.73 bits per heavy atom. The molecular weight excluding hydrogens is 427 g/mol. The number of nitrogens with one attached hydrogen (secondary N) is 3. The van der Waals surface area contributed by atoms with E-state index < -0.39 is 17.5 Å². The molecule has 1 aliphatic heterocycles. The van der Waals surface area contributed by atoms with Gasteiger partial charge in [-0.1, -0.05) is 18.2 Å². The smallest absolute Gasteiger partial charge is 0.256 e. The molecule has 0 bridgehead atoms. The fourth-order valence-electron chi connectivity index (χ4n) is 3.89. The highest BCUT2D eigenvalue weighted by Gasteiger charge is 2.24. The van der Waals surface area contributed by atoms with E-state index >= 15 is 0 Å². The van der Waals surface area contributed by atoms with Gasteiger partial charge in [-0.05, 0) is 54.5 Å². The Kier molecular flexibility index (Phi) is 5.01. The number of aromatic nitrogens is 1. The molecule has 5 rings (SSSR count). The second-order valence-corrected chi connectivity index (χ2v) is 7.80. The Morgan fingerprint density at radius 1 is 0.939 bits per heavy atom. The number of amides is 1. The normalized spacial score (nSPS) is 13.8. The zero-order valence-corrected chi connectivity index (χ0v) is 17.5. The maximum Gasteiger partial charge on any atom is 0.256 e. The molecule has 1 aromatic heterocycles. The first-order chi connectivity index (χ1) is 15.9. The number of carbonyl (C=O) groups is 1. The number of anilines is 3. The number of hydrogen-bond donors (Lipinski definition) is 3. The van der Waals surface area contributed by atoms with Gasteiger partial charge in [0.2, 0.25) is 0 Å². The molecule has 0 fully saturated rings. The van der Waals surface area contributed by atoms with Crippen molar-refractivity contribution in [2.45, 2.75) is 6.92 Å². The predicted molar refractivity (Wildman–Crippen MR) is 124 cm³/mol. The van der Waals surface area contributed by atoms with E-state index in [0.717, 1.165) is 16.8 Å². The molecule has 3 aromatic carbocycles. The van der Waals surface area contributed by atoms with E-state index in [1.165, 1.54) is 0 Å². The Hall–Kier alpha value is -4.26. The van der Waals surface area contributed by atoms with Crippen molar-refractivity contribution in [1.29, 1.82) is 0 Å². The van der Waals surface area contributed by atoms with E-state index in [4.69, 9.17) is 0 Å². The summed E-state index contributed by atoms with van der Waals surface area (Å²) in [6, 6.07) is 15.4. The van der Waals surface area contributed by atoms with E-state index in [9.17, 15) is 18.0 Å². The molecule has 4 aromatic rings. The number of H-pyrrole nitrogens is 1. The molecule has 164 valence electrons. The van der Waals surface area contributed by atoms with Crippen LogP contribution in [0.3, 0.4) is 0 Å². The molecule has 0 aliphatic carbocycles. The van der Waals surface area contributed by atoms with E-state index in [0.29, 0.717) is 34.8 Å². The molecule has 0 spiro atoms. The molecule has 0 radical (unpaired) electrons. The Balaban J connectivity index is 1.47. The summed E-state index contributed by atoms with van der Waals surface area (Å²) in [6.07, 6.45) is 3.57. The van der Waals surface area contributed by atoms with Crippen molar-refractivity contribution in [3.05, 3.63) is 101 Å². The molecule has 0 saturated carbocycles. The lowest BCUT2D eigenvalue weighted by atomic mass is 10.0. The van der Waals surface area contributed by atoms with Crippen LogP contribution < -0.4 is 10.6 Å². The van der Waals surface area contributed by atoms with Gasteiger partial charge in [-0.2, -0.15) is 0 Å². The van der Waals surface area contributed by atoms with Crippen molar-refractivity contribution in [1.82, 2.24) is 4.98 Å². The van der Waals surface area contributed by atoms with E-state index in [2.05, 4.69) is 15.6 Å². The summed E-state index contributed by atoms with van der Waals surface area (Å²) in [5.41, 5.74) is 4.97. The number of aromatic amines is 1. The van der Waals surface area contributed by atoms with Gasteiger partial charge in [-0.25, -0.2) is 13.2 Å². The zero-order chi connectivity index (χ0) is 23.1. The van der Waals surface area contributed by atoms with Gasteiger partial charge < -0.3 is 15.6 Å². The minimum atomic E-state index is -0.969. The largest absolute Gasteiger partial charge is 0.362 e. The molecule has 1 amide bonds. The third kappa shape index (κ3) is 3.89. The van der Waals surface area contributed by atoms with E-state index in [1.54, 1.807) is 36.5 Å². The highest BCUT2D eigenvalue weighted by atomic mass is 19.1. The summed E-state index contributed by atoms with van der Waals surface area (Å²) in [5, 5.41) is 6.10. The lowest BCUT2D eigenvalue weighted by Crippen LogP contribution is -2.03.